The van der Waals surface area contributed by atoms with E-state index in [0.717, 1.165) is 12.8 Å². The molecule has 2 amide bonds. The van der Waals surface area contributed by atoms with Crippen LogP contribution in [0.15, 0.2) is 18.2 Å². The Bertz CT molecular complexity index is 416. The molecule has 0 bridgehead atoms. The summed E-state index contributed by atoms with van der Waals surface area (Å²) >= 11 is 5.84. The highest BCUT2D eigenvalue weighted by Crippen LogP contribution is 2.23. The quantitative estimate of drug-likeness (QED) is 0.710. The summed E-state index contributed by atoms with van der Waals surface area (Å²) < 4.78 is 0. The second-order valence-electron chi connectivity index (χ2n) is 4.31. The fourth-order valence-electron chi connectivity index (χ4n) is 2.05. The van der Waals surface area contributed by atoms with Gasteiger partial charge in [-0.3, -0.25) is 0 Å². The van der Waals surface area contributed by atoms with E-state index in [4.69, 9.17) is 17.3 Å². The number of halogens is 1. The Morgan fingerprint density at radius 1 is 1.35 bits per heavy atom. The van der Waals surface area contributed by atoms with Gasteiger partial charge in [0.15, 0.2) is 0 Å². The third-order valence-electron chi connectivity index (χ3n) is 2.95. The first-order chi connectivity index (χ1) is 8.15. The van der Waals surface area contributed by atoms with E-state index in [1.807, 2.05) is 0 Å². The van der Waals surface area contributed by atoms with Gasteiger partial charge in [-0.15, -0.1) is 0 Å². The average Bonchev–Trinajstić information content (AvgIpc) is 2.76. The molecule has 1 aromatic rings. The molecule has 1 saturated carbocycles. The molecule has 92 valence electrons. The van der Waals surface area contributed by atoms with E-state index in [1.165, 1.54) is 12.8 Å². The van der Waals surface area contributed by atoms with Crippen molar-refractivity contribution in [2.45, 2.75) is 31.7 Å². The van der Waals surface area contributed by atoms with E-state index < -0.39 is 0 Å². The van der Waals surface area contributed by atoms with Gasteiger partial charge in [0.1, 0.15) is 0 Å². The molecule has 2 rings (SSSR count). The van der Waals surface area contributed by atoms with E-state index in [0.29, 0.717) is 16.4 Å². The van der Waals surface area contributed by atoms with Crippen LogP contribution in [0, 0.1) is 0 Å². The van der Waals surface area contributed by atoms with Gasteiger partial charge in [0.25, 0.3) is 0 Å². The van der Waals surface area contributed by atoms with Crippen LogP contribution in [0.3, 0.4) is 0 Å². The van der Waals surface area contributed by atoms with Gasteiger partial charge in [-0.2, -0.15) is 0 Å². The molecule has 5 heteroatoms. The summed E-state index contributed by atoms with van der Waals surface area (Å²) in [4.78, 5) is 11.7. The maximum absolute atomic E-state index is 11.7. The highest BCUT2D eigenvalue weighted by atomic mass is 35.5. The first-order valence-electron chi connectivity index (χ1n) is 5.77. The summed E-state index contributed by atoms with van der Waals surface area (Å²) in [5.74, 6) is 0. The highest BCUT2D eigenvalue weighted by Gasteiger charge is 2.17. The van der Waals surface area contributed by atoms with E-state index in [1.54, 1.807) is 18.2 Å². The van der Waals surface area contributed by atoms with Gasteiger partial charge in [-0.05, 0) is 31.0 Å². The molecule has 0 atom stereocenters. The van der Waals surface area contributed by atoms with Crippen LogP contribution in [0.1, 0.15) is 25.7 Å². The summed E-state index contributed by atoms with van der Waals surface area (Å²) in [5, 5.41) is 6.20. The maximum Gasteiger partial charge on any atom is 0.319 e. The Labute approximate surface area is 106 Å². The van der Waals surface area contributed by atoms with Crippen LogP contribution in [-0.4, -0.2) is 12.1 Å². The lowest BCUT2D eigenvalue weighted by molar-refractivity contribution is 0.248. The average molecular weight is 254 g/mol. The number of hydrogen-bond donors (Lipinski definition) is 3. The van der Waals surface area contributed by atoms with Crippen molar-refractivity contribution in [2.24, 2.45) is 0 Å². The van der Waals surface area contributed by atoms with E-state index in [-0.39, 0.29) is 12.1 Å². The largest absolute Gasteiger partial charge is 0.397 e. The van der Waals surface area contributed by atoms with E-state index >= 15 is 0 Å². The number of nitrogens with two attached hydrogens (primary N) is 1. The molecular weight excluding hydrogens is 238 g/mol. The van der Waals surface area contributed by atoms with Gasteiger partial charge in [0, 0.05) is 11.1 Å². The summed E-state index contributed by atoms with van der Waals surface area (Å²) in [6.45, 7) is 0. The summed E-state index contributed by atoms with van der Waals surface area (Å²) in [5.41, 5.74) is 6.80. The van der Waals surface area contributed by atoms with Gasteiger partial charge >= 0.3 is 6.03 Å². The SMILES string of the molecule is Nc1ccc(Cl)cc1NC(=O)NC1CCCC1. The van der Waals surface area contributed by atoms with Gasteiger partial charge in [0.2, 0.25) is 0 Å². The Balaban J connectivity index is 1.95. The molecule has 1 fully saturated rings. The van der Waals surface area contributed by atoms with Crippen LogP contribution >= 0.6 is 11.6 Å². The highest BCUT2D eigenvalue weighted by molar-refractivity contribution is 6.31. The third kappa shape index (κ3) is 3.27. The molecule has 0 aliphatic heterocycles. The number of amides is 2. The van der Waals surface area contributed by atoms with Gasteiger partial charge in [-0.25, -0.2) is 4.79 Å². The maximum atomic E-state index is 11.7. The first-order valence-corrected chi connectivity index (χ1v) is 6.15. The standard InChI is InChI=1S/C12H16ClN3O/c13-8-5-6-10(14)11(7-8)16-12(17)15-9-3-1-2-4-9/h5-7,9H,1-4,14H2,(H2,15,16,17). The second kappa shape index (κ2) is 5.27. The van der Waals surface area contributed by atoms with Crippen molar-refractivity contribution in [1.82, 2.24) is 5.32 Å². The summed E-state index contributed by atoms with van der Waals surface area (Å²) in [6.07, 6.45) is 4.48. The molecule has 4 N–H and O–H groups in total. The molecule has 0 aromatic heterocycles. The van der Waals surface area contributed by atoms with Crippen LogP contribution in [0.5, 0.6) is 0 Å². The monoisotopic (exact) mass is 253 g/mol. The topological polar surface area (TPSA) is 67.1 Å². The Kier molecular flexibility index (Phi) is 3.74. The van der Waals surface area contributed by atoms with Gasteiger partial charge in [-0.1, -0.05) is 24.4 Å². The number of urea groups is 1. The molecule has 0 saturated heterocycles. The number of benzene rings is 1. The summed E-state index contributed by atoms with van der Waals surface area (Å²) in [7, 11) is 0. The Hall–Kier alpha value is -1.42. The van der Waals surface area contributed by atoms with Crippen molar-refractivity contribution >= 4 is 29.0 Å². The Morgan fingerprint density at radius 2 is 2.06 bits per heavy atom. The van der Waals surface area contributed by atoms with Crippen molar-refractivity contribution in [3.8, 4) is 0 Å². The molecule has 17 heavy (non-hydrogen) atoms. The van der Waals surface area contributed by atoms with Gasteiger partial charge in [0.05, 0.1) is 11.4 Å². The lowest BCUT2D eigenvalue weighted by Gasteiger charge is -2.14. The second-order valence-corrected chi connectivity index (χ2v) is 4.75. The molecular formula is C12H16ClN3O. The molecule has 4 nitrogen and oxygen atoms in total. The van der Waals surface area contributed by atoms with Crippen molar-refractivity contribution in [3.63, 3.8) is 0 Å². The smallest absolute Gasteiger partial charge is 0.319 e. The van der Waals surface area contributed by atoms with Crippen molar-refractivity contribution in [3.05, 3.63) is 23.2 Å². The van der Waals surface area contributed by atoms with E-state index in [2.05, 4.69) is 10.6 Å². The zero-order valence-corrected chi connectivity index (χ0v) is 10.3. The number of nitrogen functional groups attached to an aromatic ring is 1. The van der Waals surface area contributed by atoms with Crippen LogP contribution in [0.25, 0.3) is 0 Å². The minimum Gasteiger partial charge on any atom is -0.397 e. The summed E-state index contributed by atoms with van der Waals surface area (Å²) in [6, 6.07) is 5.08. The Morgan fingerprint density at radius 3 is 2.76 bits per heavy atom. The molecule has 0 spiro atoms. The van der Waals surface area contributed by atoms with Crippen LogP contribution in [0.2, 0.25) is 5.02 Å². The predicted molar refractivity (Wildman–Crippen MR) is 70.3 cm³/mol. The van der Waals surface area contributed by atoms with E-state index in [9.17, 15) is 4.79 Å². The molecule has 0 unspecified atom stereocenters. The lowest BCUT2D eigenvalue weighted by atomic mass is 10.2. The predicted octanol–water partition coefficient (Wildman–Crippen LogP) is 2.99. The number of anilines is 2. The minimum absolute atomic E-state index is 0.217. The number of nitrogens with one attached hydrogen (secondary N) is 2. The fraction of sp³-hybridized carbons (Fsp3) is 0.417. The normalized spacial score (nSPS) is 15.8. The van der Waals surface area contributed by atoms with Crippen molar-refractivity contribution in [1.29, 1.82) is 0 Å². The molecule has 0 heterocycles. The minimum atomic E-state index is -0.217. The molecule has 0 radical (unpaired) electrons. The molecule has 1 aliphatic carbocycles. The molecule has 1 aromatic carbocycles. The number of rotatable bonds is 2. The number of hydrogen-bond acceptors (Lipinski definition) is 2. The zero-order chi connectivity index (χ0) is 12.3. The fourth-order valence-corrected chi connectivity index (χ4v) is 2.22. The lowest BCUT2D eigenvalue weighted by Crippen LogP contribution is -2.36. The van der Waals surface area contributed by atoms with Crippen molar-refractivity contribution < 1.29 is 4.79 Å². The zero-order valence-electron chi connectivity index (χ0n) is 9.50. The van der Waals surface area contributed by atoms with Crippen LogP contribution in [0.4, 0.5) is 16.2 Å². The van der Waals surface area contributed by atoms with Crippen LogP contribution < -0.4 is 16.4 Å². The number of carbonyl (C=O) groups is 1. The third-order valence-corrected chi connectivity index (χ3v) is 3.19. The van der Waals surface area contributed by atoms with Gasteiger partial charge < -0.3 is 16.4 Å². The van der Waals surface area contributed by atoms with Crippen LogP contribution in [-0.2, 0) is 0 Å². The van der Waals surface area contributed by atoms with Crippen molar-refractivity contribution in [2.75, 3.05) is 11.1 Å². The molecule has 1 aliphatic rings. The number of carbonyl (C=O) groups excluding carboxylic acids is 1. The first kappa shape index (κ1) is 12.0.